The van der Waals surface area contributed by atoms with Crippen LogP contribution in [0.5, 0.6) is 0 Å². The molecule has 0 bridgehead atoms. The molecule has 1 amide bonds. The number of ether oxygens (including phenoxy) is 2. The number of hydrogen-bond donors (Lipinski definition) is 1. The molecule has 9 heteroatoms. The van der Waals surface area contributed by atoms with E-state index >= 15 is 0 Å². The Kier molecular flexibility index (Phi) is 10.8. The van der Waals surface area contributed by atoms with E-state index in [9.17, 15) is 4.79 Å². The Bertz CT molecular complexity index is 612. The number of aliphatic imine (C=N–C) groups is 1. The first-order valence-corrected chi connectivity index (χ1v) is 10.2. The van der Waals surface area contributed by atoms with Gasteiger partial charge in [-0.1, -0.05) is 0 Å². The Morgan fingerprint density at radius 2 is 1.97 bits per heavy atom. The molecule has 8 nitrogen and oxygen atoms in total. The van der Waals surface area contributed by atoms with E-state index in [2.05, 4.69) is 15.2 Å². The first-order chi connectivity index (χ1) is 13.8. The van der Waals surface area contributed by atoms with Gasteiger partial charge in [-0.25, -0.2) is 0 Å². The van der Waals surface area contributed by atoms with Gasteiger partial charge in [0.25, 0.3) is 5.91 Å². The molecule has 2 fully saturated rings. The van der Waals surface area contributed by atoms with Crippen molar-refractivity contribution in [2.24, 2.45) is 10.9 Å². The zero-order chi connectivity index (χ0) is 19.6. The second-order valence-corrected chi connectivity index (χ2v) is 7.21. The van der Waals surface area contributed by atoms with Gasteiger partial charge < -0.3 is 29.0 Å². The van der Waals surface area contributed by atoms with E-state index in [1.54, 1.807) is 19.2 Å². The van der Waals surface area contributed by atoms with Crippen LogP contribution in [-0.4, -0.2) is 87.9 Å². The van der Waals surface area contributed by atoms with E-state index in [0.29, 0.717) is 24.8 Å². The first-order valence-electron chi connectivity index (χ1n) is 10.2. The number of piperazine rings is 1. The lowest BCUT2D eigenvalue weighted by atomic mass is 10.0. The lowest BCUT2D eigenvalue weighted by molar-refractivity contribution is 0.0203. The van der Waals surface area contributed by atoms with Gasteiger partial charge in [0.15, 0.2) is 11.7 Å². The van der Waals surface area contributed by atoms with E-state index in [1.807, 2.05) is 4.90 Å². The number of rotatable bonds is 7. The molecule has 1 aromatic heterocycles. The molecule has 0 aliphatic carbocycles. The van der Waals surface area contributed by atoms with Gasteiger partial charge in [-0.3, -0.25) is 9.79 Å². The molecule has 3 heterocycles. The van der Waals surface area contributed by atoms with Crippen LogP contribution in [0.25, 0.3) is 0 Å². The molecule has 2 saturated heterocycles. The molecule has 1 aromatic rings. The number of guanidine groups is 1. The highest BCUT2D eigenvalue weighted by molar-refractivity contribution is 14.0. The second kappa shape index (κ2) is 13.1. The number of carbonyl (C=O) groups is 1. The van der Waals surface area contributed by atoms with Crippen LogP contribution in [-0.2, 0) is 9.47 Å². The minimum absolute atomic E-state index is 0. The van der Waals surface area contributed by atoms with Crippen molar-refractivity contribution < 1.29 is 18.7 Å². The number of nitrogens with zero attached hydrogens (tertiary/aromatic N) is 3. The van der Waals surface area contributed by atoms with Gasteiger partial charge in [-0.05, 0) is 37.3 Å². The molecule has 0 unspecified atom stereocenters. The van der Waals surface area contributed by atoms with Crippen molar-refractivity contribution in [1.82, 2.24) is 15.1 Å². The van der Waals surface area contributed by atoms with Gasteiger partial charge >= 0.3 is 0 Å². The minimum Gasteiger partial charge on any atom is -0.459 e. The van der Waals surface area contributed by atoms with Crippen LogP contribution in [0.4, 0.5) is 0 Å². The maximum absolute atomic E-state index is 12.3. The highest BCUT2D eigenvalue weighted by Crippen LogP contribution is 2.14. The lowest BCUT2D eigenvalue weighted by Crippen LogP contribution is -2.53. The van der Waals surface area contributed by atoms with Crippen molar-refractivity contribution in [2.75, 3.05) is 66.2 Å². The first kappa shape index (κ1) is 23.9. The summed E-state index contributed by atoms with van der Waals surface area (Å²) in [5.41, 5.74) is 0. The largest absolute Gasteiger partial charge is 0.459 e. The third kappa shape index (κ3) is 7.45. The predicted molar refractivity (Wildman–Crippen MR) is 122 cm³/mol. The van der Waals surface area contributed by atoms with Crippen LogP contribution in [0, 0.1) is 5.92 Å². The molecule has 0 atom stereocenters. The van der Waals surface area contributed by atoms with Crippen molar-refractivity contribution in [3.05, 3.63) is 24.2 Å². The fourth-order valence-corrected chi connectivity index (χ4v) is 3.55. The third-order valence-electron chi connectivity index (χ3n) is 5.25. The monoisotopic (exact) mass is 520 g/mol. The number of amides is 1. The van der Waals surface area contributed by atoms with E-state index in [0.717, 1.165) is 71.3 Å². The Morgan fingerprint density at radius 3 is 2.62 bits per heavy atom. The topological polar surface area (TPSA) is 79.5 Å². The molecule has 164 valence electrons. The molecule has 0 radical (unpaired) electrons. The molecule has 0 aromatic carbocycles. The fraction of sp³-hybridized carbons (Fsp3) is 0.700. The van der Waals surface area contributed by atoms with E-state index in [4.69, 9.17) is 13.9 Å². The van der Waals surface area contributed by atoms with Gasteiger partial charge in [0.05, 0.1) is 6.26 Å². The van der Waals surface area contributed by atoms with E-state index in [-0.39, 0.29) is 29.9 Å². The molecule has 3 rings (SSSR count). The SMILES string of the molecule is CN=C(NCCCOCC1CCOCC1)N1CCN(C(=O)c2ccco2)CC1.I. The summed E-state index contributed by atoms with van der Waals surface area (Å²) in [6.07, 6.45) is 4.69. The summed E-state index contributed by atoms with van der Waals surface area (Å²) in [5.74, 6) is 1.88. The number of halogens is 1. The lowest BCUT2D eigenvalue weighted by Gasteiger charge is -2.36. The summed E-state index contributed by atoms with van der Waals surface area (Å²) in [5, 5.41) is 3.40. The second-order valence-electron chi connectivity index (χ2n) is 7.21. The molecular weight excluding hydrogens is 487 g/mol. The Morgan fingerprint density at radius 1 is 1.24 bits per heavy atom. The van der Waals surface area contributed by atoms with Gasteiger partial charge in [0.2, 0.25) is 0 Å². The van der Waals surface area contributed by atoms with E-state index < -0.39 is 0 Å². The van der Waals surface area contributed by atoms with Crippen LogP contribution in [0.15, 0.2) is 27.8 Å². The number of furan rings is 1. The molecule has 29 heavy (non-hydrogen) atoms. The van der Waals surface area contributed by atoms with Gasteiger partial charge in [0, 0.05) is 66.2 Å². The fourth-order valence-electron chi connectivity index (χ4n) is 3.55. The van der Waals surface area contributed by atoms with Gasteiger partial charge in [-0.15, -0.1) is 24.0 Å². The predicted octanol–water partition coefficient (Wildman–Crippen LogP) is 2.06. The molecular formula is C20H33IN4O4. The van der Waals surface area contributed by atoms with Crippen molar-refractivity contribution in [3.63, 3.8) is 0 Å². The minimum atomic E-state index is -0.0470. The summed E-state index contributed by atoms with van der Waals surface area (Å²) in [6.45, 7) is 6.99. The van der Waals surface area contributed by atoms with Gasteiger partial charge in [-0.2, -0.15) is 0 Å². The van der Waals surface area contributed by atoms with Gasteiger partial charge in [0.1, 0.15) is 0 Å². The standard InChI is InChI=1S/C20H32N4O4.HI/c1-21-20(22-7-3-12-27-16-17-5-14-26-15-6-17)24-10-8-23(9-11-24)19(25)18-4-2-13-28-18;/h2,4,13,17H,3,5-12,14-16H2,1H3,(H,21,22);1H. The van der Waals surface area contributed by atoms with Crippen molar-refractivity contribution in [2.45, 2.75) is 19.3 Å². The zero-order valence-electron chi connectivity index (χ0n) is 17.2. The molecule has 0 spiro atoms. The quantitative estimate of drug-likeness (QED) is 0.257. The summed E-state index contributed by atoms with van der Waals surface area (Å²) in [6, 6.07) is 3.45. The van der Waals surface area contributed by atoms with E-state index in [1.165, 1.54) is 6.26 Å². The average molecular weight is 520 g/mol. The smallest absolute Gasteiger partial charge is 0.289 e. The number of carbonyl (C=O) groups excluding carboxylic acids is 1. The van der Waals surface area contributed by atoms with Crippen LogP contribution in [0.1, 0.15) is 29.8 Å². The molecule has 2 aliphatic heterocycles. The number of nitrogens with one attached hydrogen (secondary N) is 1. The Balaban J connectivity index is 0.00000300. The zero-order valence-corrected chi connectivity index (χ0v) is 19.5. The summed E-state index contributed by atoms with van der Waals surface area (Å²) >= 11 is 0. The number of hydrogen-bond acceptors (Lipinski definition) is 5. The molecule has 2 aliphatic rings. The summed E-state index contributed by atoms with van der Waals surface area (Å²) in [4.78, 5) is 20.7. The summed E-state index contributed by atoms with van der Waals surface area (Å²) < 4.78 is 16.4. The molecule has 1 N–H and O–H groups in total. The van der Waals surface area contributed by atoms with Crippen molar-refractivity contribution >= 4 is 35.8 Å². The summed E-state index contributed by atoms with van der Waals surface area (Å²) in [7, 11) is 1.80. The maximum Gasteiger partial charge on any atom is 0.289 e. The third-order valence-corrected chi connectivity index (χ3v) is 5.25. The average Bonchev–Trinajstić information content (AvgIpc) is 3.29. The Labute approximate surface area is 190 Å². The highest BCUT2D eigenvalue weighted by Gasteiger charge is 2.25. The normalized spacial score (nSPS) is 18.4. The Hall–Kier alpha value is -1.33. The van der Waals surface area contributed by atoms with Crippen LogP contribution < -0.4 is 5.32 Å². The van der Waals surface area contributed by atoms with Crippen LogP contribution >= 0.6 is 24.0 Å². The highest BCUT2D eigenvalue weighted by atomic mass is 127. The molecule has 0 saturated carbocycles. The maximum atomic E-state index is 12.3. The van der Waals surface area contributed by atoms with Crippen molar-refractivity contribution in [3.8, 4) is 0 Å². The van der Waals surface area contributed by atoms with Crippen LogP contribution in [0.2, 0.25) is 0 Å². The van der Waals surface area contributed by atoms with Crippen LogP contribution in [0.3, 0.4) is 0 Å². The van der Waals surface area contributed by atoms with Crippen molar-refractivity contribution in [1.29, 1.82) is 0 Å².